The van der Waals surface area contributed by atoms with Gasteiger partial charge >= 0.3 is 0 Å². The van der Waals surface area contributed by atoms with Crippen LogP contribution in [-0.2, 0) is 0 Å². The van der Waals surface area contributed by atoms with Gasteiger partial charge < -0.3 is 4.90 Å². The second-order valence-electron chi connectivity index (χ2n) is 4.54. The average molecular weight is 309 g/mol. The van der Waals surface area contributed by atoms with Gasteiger partial charge in [0, 0.05) is 13.1 Å². The third-order valence-corrected chi connectivity index (χ3v) is 4.10. The number of thioether (sulfide) groups is 1. The van der Waals surface area contributed by atoms with Gasteiger partial charge in [-0.25, -0.2) is 4.99 Å². The van der Waals surface area contributed by atoms with Crippen molar-refractivity contribution < 1.29 is 0 Å². The molecule has 1 saturated heterocycles. The van der Waals surface area contributed by atoms with Gasteiger partial charge in [-0.05, 0) is 43.7 Å². The van der Waals surface area contributed by atoms with Crippen LogP contribution in [0, 0.1) is 11.5 Å². The summed E-state index contributed by atoms with van der Waals surface area (Å²) in [6.07, 6.45) is 7.48. The number of nitrogens with one attached hydrogen (secondary N) is 1. The maximum atomic E-state index is 8.63. The van der Waals surface area contributed by atoms with Gasteiger partial charge in [-0.3, -0.25) is 5.32 Å². The molecule has 2 rings (SSSR count). The van der Waals surface area contributed by atoms with E-state index in [-0.39, 0.29) is 0 Å². The summed E-state index contributed by atoms with van der Waals surface area (Å²) < 4.78 is 0. The fourth-order valence-electron chi connectivity index (χ4n) is 2.25. The highest BCUT2D eigenvalue weighted by molar-refractivity contribution is 8.13. The minimum absolute atomic E-state index is 0.564. The van der Waals surface area contributed by atoms with Crippen molar-refractivity contribution in [3.63, 3.8) is 0 Å². The Morgan fingerprint density at radius 2 is 2.15 bits per heavy atom. The van der Waals surface area contributed by atoms with Gasteiger partial charge in [-0.2, -0.15) is 5.26 Å². The molecule has 0 amide bonds. The van der Waals surface area contributed by atoms with Crippen molar-refractivity contribution >= 4 is 39.9 Å². The molecule has 20 heavy (non-hydrogen) atoms. The summed E-state index contributed by atoms with van der Waals surface area (Å²) in [4.78, 5) is 6.68. The van der Waals surface area contributed by atoms with Crippen molar-refractivity contribution in [2.75, 3.05) is 24.2 Å². The van der Waals surface area contributed by atoms with Crippen LogP contribution in [0.25, 0.3) is 0 Å². The molecule has 0 radical (unpaired) electrons. The van der Waals surface area contributed by atoms with Crippen molar-refractivity contribution in [2.24, 2.45) is 4.99 Å². The Morgan fingerprint density at radius 3 is 2.75 bits per heavy atom. The first-order chi connectivity index (χ1) is 9.74. The number of piperidine rings is 1. The van der Waals surface area contributed by atoms with Crippen molar-refractivity contribution in [3.8, 4) is 6.19 Å². The summed E-state index contributed by atoms with van der Waals surface area (Å²) in [5.41, 5.74) is 1.83. The Labute approximate surface area is 128 Å². The summed E-state index contributed by atoms with van der Waals surface area (Å²) in [5.74, 6) is 0. The number of halogens is 1. The number of rotatable bonds is 2. The molecule has 106 valence electrons. The van der Waals surface area contributed by atoms with E-state index in [4.69, 9.17) is 16.9 Å². The van der Waals surface area contributed by atoms with Crippen LogP contribution in [0.3, 0.4) is 0 Å². The predicted octanol–water partition coefficient (Wildman–Crippen LogP) is 3.75. The summed E-state index contributed by atoms with van der Waals surface area (Å²) in [5, 5.41) is 12.4. The Hall–Kier alpha value is -1.38. The molecule has 1 heterocycles. The molecule has 0 unspecified atom stereocenters. The SMILES string of the molecule is CSC(=Nc1ccc(N2CCCCC2)c(Cl)c1)NC#N. The first-order valence-corrected chi connectivity index (χ1v) is 8.17. The Kier molecular flexibility index (Phi) is 5.57. The highest BCUT2D eigenvalue weighted by Gasteiger charge is 2.14. The van der Waals surface area contributed by atoms with Crippen LogP contribution < -0.4 is 10.2 Å². The lowest BCUT2D eigenvalue weighted by molar-refractivity contribution is 0.578. The molecule has 0 aliphatic carbocycles. The van der Waals surface area contributed by atoms with E-state index in [0.29, 0.717) is 10.2 Å². The van der Waals surface area contributed by atoms with E-state index in [1.807, 2.05) is 30.6 Å². The normalized spacial score (nSPS) is 15.8. The molecule has 1 aliphatic rings. The fourth-order valence-corrected chi connectivity index (χ4v) is 2.89. The average Bonchev–Trinajstić information content (AvgIpc) is 2.48. The van der Waals surface area contributed by atoms with Crippen LogP contribution in [-0.4, -0.2) is 24.5 Å². The lowest BCUT2D eigenvalue weighted by Crippen LogP contribution is -2.29. The molecular weight excluding hydrogens is 292 g/mol. The summed E-state index contributed by atoms with van der Waals surface area (Å²) >= 11 is 7.75. The highest BCUT2D eigenvalue weighted by Crippen LogP contribution is 2.32. The van der Waals surface area contributed by atoms with Crippen molar-refractivity contribution in [1.82, 2.24) is 5.32 Å². The molecule has 6 heteroatoms. The summed E-state index contributed by atoms with van der Waals surface area (Å²) in [6.45, 7) is 2.13. The number of aliphatic imine (C=N–C) groups is 1. The zero-order chi connectivity index (χ0) is 14.4. The fraction of sp³-hybridized carbons (Fsp3) is 0.429. The zero-order valence-electron chi connectivity index (χ0n) is 11.4. The lowest BCUT2D eigenvalue weighted by Gasteiger charge is -2.29. The van der Waals surface area contributed by atoms with E-state index >= 15 is 0 Å². The molecule has 1 N–H and O–H groups in total. The van der Waals surface area contributed by atoms with Gasteiger partial charge in [0.15, 0.2) is 11.4 Å². The van der Waals surface area contributed by atoms with Crippen LogP contribution in [0.15, 0.2) is 23.2 Å². The molecule has 0 aromatic heterocycles. The molecule has 1 aromatic carbocycles. The molecule has 1 aliphatic heterocycles. The van der Waals surface area contributed by atoms with Gasteiger partial charge in [-0.1, -0.05) is 23.4 Å². The third kappa shape index (κ3) is 3.81. The molecule has 4 nitrogen and oxygen atoms in total. The second-order valence-corrected chi connectivity index (χ2v) is 5.74. The number of benzene rings is 1. The van der Waals surface area contributed by atoms with Crippen LogP contribution in [0.4, 0.5) is 11.4 Å². The minimum atomic E-state index is 0.564. The number of nitriles is 1. The smallest absolute Gasteiger partial charge is 0.183 e. The molecule has 1 fully saturated rings. The Morgan fingerprint density at radius 1 is 1.40 bits per heavy atom. The van der Waals surface area contributed by atoms with Crippen LogP contribution in [0.5, 0.6) is 0 Å². The predicted molar refractivity (Wildman–Crippen MR) is 86.9 cm³/mol. The van der Waals surface area contributed by atoms with Gasteiger partial charge in [0.05, 0.1) is 16.4 Å². The first kappa shape index (κ1) is 15.0. The Bertz CT molecular complexity index is 532. The zero-order valence-corrected chi connectivity index (χ0v) is 13.0. The quantitative estimate of drug-likeness (QED) is 0.391. The van der Waals surface area contributed by atoms with Gasteiger partial charge in [0.1, 0.15) is 0 Å². The largest absolute Gasteiger partial charge is 0.370 e. The summed E-state index contributed by atoms with van der Waals surface area (Å²) in [7, 11) is 0. The maximum absolute atomic E-state index is 8.63. The maximum Gasteiger partial charge on any atom is 0.183 e. The first-order valence-electron chi connectivity index (χ1n) is 6.57. The van der Waals surface area contributed by atoms with Crippen LogP contribution in [0.2, 0.25) is 5.02 Å². The van der Waals surface area contributed by atoms with E-state index < -0.39 is 0 Å². The van der Waals surface area contributed by atoms with Gasteiger partial charge in [-0.15, -0.1) is 0 Å². The number of hydrogen-bond acceptors (Lipinski definition) is 4. The number of nitrogens with zero attached hydrogens (tertiary/aromatic N) is 3. The molecule has 1 aromatic rings. The van der Waals surface area contributed by atoms with Crippen LogP contribution >= 0.6 is 23.4 Å². The second kappa shape index (κ2) is 7.41. The number of hydrogen-bond donors (Lipinski definition) is 1. The molecule has 0 bridgehead atoms. The third-order valence-electron chi connectivity index (χ3n) is 3.21. The van der Waals surface area contributed by atoms with E-state index in [0.717, 1.165) is 24.5 Å². The van der Waals surface area contributed by atoms with Gasteiger partial charge in [0.25, 0.3) is 0 Å². The highest BCUT2D eigenvalue weighted by atomic mass is 35.5. The lowest BCUT2D eigenvalue weighted by atomic mass is 10.1. The van der Waals surface area contributed by atoms with E-state index in [1.54, 1.807) is 0 Å². The number of amidine groups is 1. The topological polar surface area (TPSA) is 51.4 Å². The van der Waals surface area contributed by atoms with Crippen LogP contribution in [0.1, 0.15) is 19.3 Å². The molecular formula is C14H17ClN4S. The monoisotopic (exact) mass is 308 g/mol. The van der Waals surface area contributed by atoms with Crippen molar-refractivity contribution in [1.29, 1.82) is 5.26 Å². The van der Waals surface area contributed by atoms with E-state index in [9.17, 15) is 0 Å². The standard InChI is InChI=1S/C14H17ClN4S/c1-20-14(17-10-16)18-11-5-6-13(12(15)9-11)19-7-3-2-4-8-19/h5-6,9H,2-4,7-8H2,1H3,(H,17,18). The van der Waals surface area contributed by atoms with E-state index in [1.165, 1.54) is 31.0 Å². The molecule has 0 saturated carbocycles. The number of anilines is 1. The van der Waals surface area contributed by atoms with Crippen molar-refractivity contribution in [3.05, 3.63) is 23.2 Å². The molecule has 0 spiro atoms. The van der Waals surface area contributed by atoms with Gasteiger partial charge in [0.2, 0.25) is 0 Å². The van der Waals surface area contributed by atoms with Crippen molar-refractivity contribution in [2.45, 2.75) is 19.3 Å². The summed E-state index contributed by atoms with van der Waals surface area (Å²) in [6, 6.07) is 5.79. The minimum Gasteiger partial charge on any atom is -0.370 e. The Balaban J connectivity index is 2.19. The van der Waals surface area contributed by atoms with E-state index in [2.05, 4.69) is 15.2 Å². The molecule has 0 atom stereocenters.